The number of fused-ring (bicyclic) bond motifs is 1. The van der Waals surface area contributed by atoms with Crippen LogP contribution in [-0.2, 0) is 33.8 Å². The maximum atomic E-state index is 13.6. The van der Waals surface area contributed by atoms with Crippen LogP contribution in [0.2, 0.25) is 0 Å². The van der Waals surface area contributed by atoms with Crippen LogP contribution in [-0.4, -0.2) is 28.7 Å². The van der Waals surface area contributed by atoms with Crippen molar-refractivity contribution in [2.24, 2.45) is 11.1 Å². The Bertz CT molecular complexity index is 1390. The van der Waals surface area contributed by atoms with Crippen LogP contribution in [0.3, 0.4) is 0 Å². The van der Waals surface area contributed by atoms with E-state index in [1.807, 2.05) is 115 Å². The maximum absolute atomic E-state index is 13.6. The van der Waals surface area contributed by atoms with Gasteiger partial charge in [0.25, 0.3) is 0 Å². The third-order valence-corrected chi connectivity index (χ3v) is 6.58. The summed E-state index contributed by atoms with van der Waals surface area (Å²) in [6.07, 6.45) is 2.43. The lowest BCUT2D eigenvalue weighted by atomic mass is 10.0. The first-order valence-corrected chi connectivity index (χ1v) is 12.4. The van der Waals surface area contributed by atoms with Crippen molar-refractivity contribution in [3.63, 3.8) is 0 Å². The standard InChI is InChI=1S/C31H29N3O3/c1-23-14-16-27(17-15-23)34(29(35)19-24-9-4-2-5-10-24)22-26-21-33-18-8-13-28(33)31(26)32-37-30(36)20-25-11-6-3-7-12-25/h2-18,26H,19-22H2,1H3/b32-31-. The Kier molecular flexibility index (Phi) is 7.26. The fraction of sp³-hybridized carbons (Fsp3) is 0.194. The summed E-state index contributed by atoms with van der Waals surface area (Å²) in [5.74, 6) is -0.535. The molecule has 6 nitrogen and oxygen atoms in total. The SMILES string of the molecule is Cc1ccc(N(CC2Cn3cccc3/C2=N\OC(=O)Cc2ccccc2)C(=O)Cc2ccccc2)cc1. The highest BCUT2D eigenvalue weighted by Gasteiger charge is 2.33. The molecule has 1 atom stereocenters. The Morgan fingerprint density at radius 2 is 1.51 bits per heavy atom. The van der Waals surface area contributed by atoms with Gasteiger partial charge < -0.3 is 14.3 Å². The smallest absolute Gasteiger partial charge is 0.339 e. The summed E-state index contributed by atoms with van der Waals surface area (Å²) in [6, 6.07) is 31.1. The lowest BCUT2D eigenvalue weighted by Gasteiger charge is -2.26. The molecule has 1 aliphatic rings. The fourth-order valence-corrected chi connectivity index (χ4v) is 4.66. The summed E-state index contributed by atoms with van der Waals surface area (Å²) in [5.41, 5.74) is 5.38. The van der Waals surface area contributed by atoms with E-state index in [4.69, 9.17) is 4.84 Å². The van der Waals surface area contributed by atoms with Gasteiger partial charge in [0.1, 0.15) is 5.71 Å². The zero-order valence-corrected chi connectivity index (χ0v) is 20.8. The molecule has 1 amide bonds. The number of anilines is 1. The molecule has 1 unspecified atom stereocenters. The summed E-state index contributed by atoms with van der Waals surface area (Å²) in [6.45, 7) is 3.10. The Labute approximate surface area is 216 Å². The minimum atomic E-state index is -0.419. The van der Waals surface area contributed by atoms with Crippen LogP contribution in [0.5, 0.6) is 0 Å². The summed E-state index contributed by atoms with van der Waals surface area (Å²) < 4.78 is 2.09. The van der Waals surface area contributed by atoms with Crippen LogP contribution in [0, 0.1) is 12.8 Å². The molecule has 0 spiro atoms. The lowest BCUT2D eigenvalue weighted by Crippen LogP contribution is -2.38. The van der Waals surface area contributed by atoms with Gasteiger partial charge in [0.2, 0.25) is 5.91 Å². The van der Waals surface area contributed by atoms with Gasteiger partial charge in [-0.15, -0.1) is 0 Å². The van der Waals surface area contributed by atoms with Crippen molar-refractivity contribution in [2.75, 3.05) is 11.4 Å². The van der Waals surface area contributed by atoms with Gasteiger partial charge in [-0.1, -0.05) is 83.5 Å². The summed E-state index contributed by atoms with van der Waals surface area (Å²) >= 11 is 0. The molecule has 0 radical (unpaired) electrons. The first kappa shape index (κ1) is 24.3. The molecule has 0 fully saturated rings. The predicted octanol–water partition coefficient (Wildman–Crippen LogP) is 5.19. The van der Waals surface area contributed by atoms with Crippen molar-refractivity contribution in [1.29, 1.82) is 0 Å². The molecule has 186 valence electrons. The lowest BCUT2D eigenvalue weighted by molar-refractivity contribution is -0.142. The van der Waals surface area contributed by atoms with Gasteiger partial charge in [0, 0.05) is 30.9 Å². The topological polar surface area (TPSA) is 63.9 Å². The van der Waals surface area contributed by atoms with E-state index in [0.717, 1.165) is 28.1 Å². The van der Waals surface area contributed by atoms with E-state index < -0.39 is 5.97 Å². The molecule has 1 aromatic heterocycles. The van der Waals surface area contributed by atoms with E-state index in [-0.39, 0.29) is 18.2 Å². The zero-order valence-electron chi connectivity index (χ0n) is 20.8. The number of nitrogens with zero attached hydrogens (tertiary/aromatic N) is 3. The first-order chi connectivity index (χ1) is 18.1. The van der Waals surface area contributed by atoms with Crippen LogP contribution in [0.15, 0.2) is 108 Å². The van der Waals surface area contributed by atoms with Crippen molar-refractivity contribution < 1.29 is 14.4 Å². The maximum Gasteiger partial charge on any atom is 0.339 e. The molecule has 2 heterocycles. The largest absolute Gasteiger partial charge is 0.346 e. The molecule has 1 aliphatic heterocycles. The summed E-state index contributed by atoms with van der Waals surface area (Å²) in [7, 11) is 0. The second-order valence-corrected chi connectivity index (χ2v) is 9.35. The molecule has 0 bridgehead atoms. The number of benzene rings is 3. The monoisotopic (exact) mass is 491 g/mol. The number of aromatic nitrogens is 1. The van der Waals surface area contributed by atoms with Gasteiger partial charge in [-0.3, -0.25) is 4.79 Å². The second-order valence-electron chi connectivity index (χ2n) is 9.35. The summed E-state index contributed by atoms with van der Waals surface area (Å²) in [4.78, 5) is 33.3. The van der Waals surface area contributed by atoms with Gasteiger partial charge in [0.05, 0.1) is 18.5 Å². The normalized spacial score (nSPS) is 15.4. The molecular weight excluding hydrogens is 462 g/mol. The molecule has 6 heteroatoms. The van der Waals surface area contributed by atoms with Crippen molar-refractivity contribution in [3.05, 3.63) is 126 Å². The molecule has 3 aromatic carbocycles. The van der Waals surface area contributed by atoms with Gasteiger partial charge in [0.15, 0.2) is 0 Å². The number of aryl methyl sites for hydroxylation is 1. The van der Waals surface area contributed by atoms with E-state index in [1.54, 1.807) is 0 Å². The molecule has 0 N–H and O–H groups in total. The Hall–Kier alpha value is -4.45. The Morgan fingerprint density at radius 3 is 2.19 bits per heavy atom. The van der Waals surface area contributed by atoms with Crippen LogP contribution in [0.25, 0.3) is 0 Å². The van der Waals surface area contributed by atoms with Crippen LogP contribution < -0.4 is 4.90 Å². The molecule has 4 aromatic rings. The van der Waals surface area contributed by atoms with E-state index in [9.17, 15) is 9.59 Å². The fourth-order valence-electron chi connectivity index (χ4n) is 4.66. The number of rotatable bonds is 8. The summed E-state index contributed by atoms with van der Waals surface area (Å²) in [5, 5.41) is 4.33. The van der Waals surface area contributed by atoms with Crippen LogP contribution >= 0.6 is 0 Å². The highest BCUT2D eigenvalue weighted by Crippen LogP contribution is 2.26. The average Bonchev–Trinajstić information content (AvgIpc) is 3.49. The molecule has 37 heavy (non-hydrogen) atoms. The van der Waals surface area contributed by atoms with Gasteiger partial charge in [-0.2, -0.15) is 0 Å². The highest BCUT2D eigenvalue weighted by atomic mass is 16.7. The van der Waals surface area contributed by atoms with Crippen molar-refractivity contribution in [3.8, 4) is 0 Å². The van der Waals surface area contributed by atoms with Crippen molar-refractivity contribution in [1.82, 2.24) is 4.57 Å². The van der Waals surface area contributed by atoms with Crippen molar-refractivity contribution >= 4 is 23.3 Å². The minimum absolute atomic E-state index is 0.00653. The van der Waals surface area contributed by atoms with E-state index in [0.29, 0.717) is 25.2 Å². The number of amides is 1. The van der Waals surface area contributed by atoms with E-state index >= 15 is 0 Å². The number of hydrogen-bond donors (Lipinski definition) is 0. The molecular formula is C31H29N3O3. The van der Waals surface area contributed by atoms with Crippen molar-refractivity contribution in [2.45, 2.75) is 26.3 Å². The number of hydrogen-bond acceptors (Lipinski definition) is 4. The third-order valence-electron chi connectivity index (χ3n) is 6.58. The van der Waals surface area contributed by atoms with Crippen LogP contribution in [0.4, 0.5) is 5.69 Å². The van der Waals surface area contributed by atoms with Crippen LogP contribution in [0.1, 0.15) is 22.4 Å². The third kappa shape index (κ3) is 5.86. The minimum Gasteiger partial charge on any atom is -0.346 e. The zero-order chi connectivity index (χ0) is 25.6. The molecule has 0 aliphatic carbocycles. The first-order valence-electron chi connectivity index (χ1n) is 12.4. The predicted molar refractivity (Wildman–Crippen MR) is 144 cm³/mol. The molecule has 0 saturated carbocycles. The number of carbonyl (C=O) groups is 2. The highest BCUT2D eigenvalue weighted by molar-refractivity contribution is 6.04. The Balaban J connectivity index is 1.38. The molecule has 5 rings (SSSR count). The van der Waals surface area contributed by atoms with E-state index in [1.165, 1.54) is 0 Å². The quantitative estimate of drug-likeness (QED) is 0.252. The van der Waals surface area contributed by atoms with E-state index in [2.05, 4.69) is 9.72 Å². The Morgan fingerprint density at radius 1 is 0.865 bits per heavy atom. The van der Waals surface area contributed by atoms with Gasteiger partial charge in [-0.25, -0.2) is 4.79 Å². The van der Waals surface area contributed by atoms with Gasteiger partial charge >= 0.3 is 5.97 Å². The average molecular weight is 492 g/mol. The second kappa shape index (κ2) is 11.1. The number of oxime groups is 1. The molecule has 0 saturated heterocycles. The van der Waals surface area contributed by atoms with Gasteiger partial charge in [-0.05, 0) is 42.3 Å². The number of carbonyl (C=O) groups excluding carboxylic acids is 2.